The number of aromatic nitrogens is 1. The van der Waals surface area contributed by atoms with Crippen LogP contribution in [0.2, 0.25) is 0 Å². The summed E-state index contributed by atoms with van der Waals surface area (Å²) in [6, 6.07) is 8.28. The molecule has 0 aliphatic rings. The van der Waals surface area contributed by atoms with Gasteiger partial charge in [0.2, 0.25) is 0 Å². The van der Waals surface area contributed by atoms with E-state index in [1.165, 1.54) is 4.70 Å². The first kappa shape index (κ1) is 13.3. The SMILES string of the molecule is CCN(CC(C)(C)CN)c1nc2ccccc2s1. The van der Waals surface area contributed by atoms with Crippen molar-refractivity contribution < 1.29 is 0 Å². The molecule has 0 saturated carbocycles. The van der Waals surface area contributed by atoms with Crippen LogP contribution in [0.4, 0.5) is 5.13 Å². The van der Waals surface area contributed by atoms with Crippen molar-refractivity contribution in [2.24, 2.45) is 11.1 Å². The normalized spacial score (nSPS) is 12.0. The first-order valence-corrected chi connectivity index (χ1v) is 7.18. The molecule has 2 aromatic rings. The molecule has 4 heteroatoms. The number of hydrogen-bond acceptors (Lipinski definition) is 4. The Labute approximate surface area is 113 Å². The lowest BCUT2D eigenvalue weighted by Crippen LogP contribution is -2.38. The first-order valence-electron chi connectivity index (χ1n) is 6.36. The molecule has 2 N–H and O–H groups in total. The number of benzene rings is 1. The van der Waals surface area contributed by atoms with E-state index in [1.807, 2.05) is 6.07 Å². The largest absolute Gasteiger partial charge is 0.348 e. The zero-order valence-corrected chi connectivity index (χ0v) is 12.1. The van der Waals surface area contributed by atoms with E-state index in [1.54, 1.807) is 11.3 Å². The highest BCUT2D eigenvalue weighted by Crippen LogP contribution is 2.30. The number of para-hydroxylation sites is 1. The Morgan fingerprint density at radius 3 is 2.67 bits per heavy atom. The molecule has 0 unspecified atom stereocenters. The van der Waals surface area contributed by atoms with Gasteiger partial charge in [-0.2, -0.15) is 0 Å². The second-order valence-corrected chi connectivity index (χ2v) is 6.36. The van der Waals surface area contributed by atoms with Crippen molar-refractivity contribution in [2.75, 3.05) is 24.5 Å². The number of fused-ring (bicyclic) bond motifs is 1. The topological polar surface area (TPSA) is 42.1 Å². The van der Waals surface area contributed by atoms with E-state index in [0.29, 0.717) is 6.54 Å². The summed E-state index contributed by atoms with van der Waals surface area (Å²) in [4.78, 5) is 7.02. The van der Waals surface area contributed by atoms with Gasteiger partial charge in [-0.25, -0.2) is 4.98 Å². The van der Waals surface area contributed by atoms with E-state index in [0.717, 1.165) is 23.7 Å². The molecule has 0 radical (unpaired) electrons. The fourth-order valence-electron chi connectivity index (χ4n) is 1.89. The van der Waals surface area contributed by atoms with Crippen molar-refractivity contribution in [3.05, 3.63) is 24.3 Å². The van der Waals surface area contributed by atoms with Crippen LogP contribution in [-0.2, 0) is 0 Å². The van der Waals surface area contributed by atoms with E-state index in [4.69, 9.17) is 10.7 Å². The molecule has 0 aliphatic carbocycles. The Morgan fingerprint density at radius 1 is 1.33 bits per heavy atom. The van der Waals surface area contributed by atoms with Gasteiger partial charge in [0, 0.05) is 13.1 Å². The van der Waals surface area contributed by atoms with Crippen molar-refractivity contribution >= 4 is 26.7 Å². The lowest BCUT2D eigenvalue weighted by molar-refractivity contribution is 0.379. The average molecular weight is 263 g/mol. The minimum Gasteiger partial charge on any atom is -0.348 e. The van der Waals surface area contributed by atoms with Gasteiger partial charge in [0.05, 0.1) is 10.2 Å². The summed E-state index contributed by atoms with van der Waals surface area (Å²) < 4.78 is 1.25. The second-order valence-electron chi connectivity index (χ2n) is 5.35. The van der Waals surface area contributed by atoms with Gasteiger partial charge in [0.15, 0.2) is 5.13 Å². The molecule has 1 aromatic carbocycles. The highest BCUT2D eigenvalue weighted by atomic mass is 32.1. The monoisotopic (exact) mass is 263 g/mol. The molecule has 0 amide bonds. The summed E-state index contributed by atoms with van der Waals surface area (Å²) in [5.41, 5.74) is 7.02. The van der Waals surface area contributed by atoms with E-state index < -0.39 is 0 Å². The summed E-state index contributed by atoms with van der Waals surface area (Å²) in [6.07, 6.45) is 0. The molecule has 0 aliphatic heterocycles. The summed E-state index contributed by atoms with van der Waals surface area (Å²) >= 11 is 1.76. The third kappa shape index (κ3) is 2.82. The molecule has 0 saturated heterocycles. The predicted molar refractivity (Wildman–Crippen MR) is 80.3 cm³/mol. The fourth-order valence-corrected chi connectivity index (χ4v) is 2.92. The molecule has 1 aromatic heterocycles. The van der Waals surface area contributed by atoms with Crippen LogP contribution in [0.1, 0.15) is 20.8 Å². The van der Waals surface area contributed by atoms with Crippen molar-refractivity contribution in [3.8, 4) is 0 Å². The fraction of sp³-hybridized carbons (Fsp3) is 0.500. The van der Waals surface area contributed by atoms with Crippen LogP contribution in [0.3, 0.4) is 0 Å². The number of rotatable bonds is 5. The molecule has 18 heavy (non-hydrogen) atoms. The Hall–Kier alpha value is -1.13. The van der Waals surface area contributed by atoms with Gasteiger partial charge in [-0.15, -0.1) is 0 Å². The summed E-state index contributed by atoms with van der Waals surface area (Å²) in [5.74, 6) is 0. The highest BCUT2D eigenvalue weighted by Gasteiger charge is 2.21. The lowest BCUT2D eigenvalue weighted by Gasteiger charge is -2.30. The maximum atomic E-state index is 5.82. The van der Waals surface area contributed by atoms with Crippen LogP contribution < -0.4 is 10.6 Å². The minimum atomic E-state index is 0.119. The maximum absolute atomic E-state index is 5.82. The number of nitrogens with zero attached hydrogens (tertiary/aromatic N) is 2. The molecule has 0 fully saturated rings. The Morgan fingerprint density at radius 2 is 2.06 bits per heavy atom. The number of anilines is 1. The van der Waals surface area contributed by atoms with Crippen LogP contribution >= 0.6 is 11.3 Å². The van der Waals surface area contributed by atoms with Crippen LogP contribution in [0.5, 0.6) is 0 Å². The molecule has 98 valence electrons. The van der Waals surface area contributed by atoms with Crippen LogP contribution in [0.25, 0.3) is 10.2 Å². The molecule has 0 bridgehead atoms. The number of thiazole rings is 1. The predicted octanol–water partition coefficient (Wildman–Crippen LogP) is 3.11. The first-order chi connectivity index (χ1) is 8.55. The quantitative estimate of drug-likeness (QED) is 0.901. The van der Waals surface area contributed by atoms with E-state index >= 15 is 0 Å². The molecule has 0 atom stereocenters. The maximum Gasteiger partial charge on any atom is 0.186 e. The summed E-state index contributed by atoms with van der Waals surface area (Å²) in [7, 11) is 0. The second kappa shape index (κ2) is 5.24. The van der Waals surface area contributed by atoms with Crippen LogP contribution in [0.15, 0.2) is 24.3 Å². The van der Waals surface area contributed by atoms with Gasteiger partial charge in [-0.1, -0.05) is 37.3 Å². The Kier molecular flexibility index (Phi) is 3.88. The highest BCUT2D eigenvalue weighted by molar-refractivity contribution is 7.22. The molecule has 1 heterocycles. The van der Waals surface area contributed by atoms with Gasteiger partial charge in [-0.05, 0) is 31.0 Å². The third-order valence-electron chi connectivity index (χ3n) is 3.11. The zero-order chi connectivity index (χ0) is 13.2. The van der Waals surface area contributed by atoms with Crippen molar-refractivity contribution in [1.82, 2.24) is 4.98 Å². The third-order valence-corrected chi connectivity index (χ3v) is 4.20. The van der Waals surface area contributed by atoms with Crippen LogP contribution in [0, 0.1) is 5.41 Å². The van der Waals surface area contributed by atoms with E-state index in [-0.39, 0.29) is 5.41 Å². The van der Waals surface area contributed by atoms with E-state index in [2.05, 4.69) is 43.9 Å². The van der Waals surface area contributed by atoms with Crippen molar-refractivity contribution in [1.29, 1.82) is 0 Å². The summed E-state index contributed by atoms with van der Waals surface area (Å²) in [5, 5.41) is 1.10. The molecular weight excluding hydrogens is 242 g/mol. The lowest BCUT2D eigenvalue weighted by atomic mass is 9.93. The standard InChI is InChI=1S/C14H21N3S/c1-4-17(10-14(2,3)9-15)13-16-11-7-5-6-8-12(11)18-13/h5-8H,4,9-10,15H2,1-3H3. The Balaban J connectivity index is 2.27. The van der Waals surface area contributed by atoms with Gasteiger partial charge in [0.1, 0.15) is 0 Å². The van der Waals surface area contributed by atoms with Gasteiger partial charge in [-0.3, -0.25) is 0 Å². The number of nitrogens with two attached hydrogens (primary N) is 1. The zero-order valence-electron chi connectivity index (χ0n) is 11.3. The molecule has 0 spiro atoms. The molecule has 3 nitrogen and oxygen atoms in total. The van der Waals surface area contributed by atoms with Crippen LogP contribution in [-0.4, -0.2) is 24.6 Å². The van der Waals surface area contributed by atoms with Gasteiger partial charge >= 0.3 is 0 Å². The number of hydrogen-bond donors (Lipinski definition) is 1. The van der Waals surface area contributed by atoms with Gasteiger partial charge in [0.25, 0.3) is 0 Å². The summed E-state index contributed by atoms with van der Waals surface area (Å²) in [6.45, 7) is 9.15. The average Bonchev–Trinajstić information content (AvgIpc) is 2.79. The molecular formula is C14H21N3S. The van der Waals surface area contributed by atoms with Crippen molar-refractivity contribution in [3.63, 3.8) is 0 Å². The van der Waals surface area contributed by atoms with Gasteiger partial charge < -0.3 is 10.6 Å². The minimum absolute atomic E-state index is 0.119. The van der Waals surface area contributed by atoms with E-state index in [9.17, 15) is 0 Å². The van der Waals surface area contributed by atoms with Crippen molar-refractivity contribution in [2.45, 2.75) is 20.8 Å². The molecule has 2 rings (SSSR count). The smallest absolute Gasteiger partial charge is 0.186 e. The Bertz CT molecular complexity index is 485.